The van der Waals surface area contributed by atoms with Gasteiger partial charge in [-0.1, -0.05) is 24.3 Å². The molecule has 21 heavy (non-hydrogen) atoms. The summed E-state index contributed by atoms with van der Waals surface area (Å²) in [5.41, 5.74) is 2.69. The second-order valence-electron chi connectivity index (χ2n) is 5.01. The van der Waals surface area contributed by atoms with Crippen molar-refractivity contribution in [3.05, 3.63) is 59.2 Å². The van der Waals surface area contributed by atoms with Crippen LogP contribution in [0.15, 0.2) is 42.5 Å². The first-order valence-corrected chi connectivity index (χ1v) is 6.85. The van der Waals surface area contributed by atoms with Gasteiger partial charge in [0, 0.05) is 0 Å². The minimum Gasteiger partial charge on any atom is -0.493 e. The Bertz CT molecular complexity index is 678. The van der Waals surface area contributed by atoms with Gasteiger partial charge in [0.1, 0.15) is 6.10 Å². The normalized spacial score (nSPS) is 16.3. The second kappa shape index (κ2) is 5.48. The van der Waals surface area contributed by atoms with Gasteiger partial charge in [-0.25, -0.2) is 4.79 Å². The number of aryl methyl sites for hydroxylation is 1. The molecule has 0 saturated carbocycles. The van der Waals surface area contributed by atoms with Gasteiger partial charge in [-0.05, 0) is 42.2 Å². The van der Waals surface area contributed by atoms with Crippen molar-refractivity contribution in [2.45, 2.75) is 18.9 Å². The molecule has 0 fully saturated rings. The van der Waals surface area contributed by atoms with Gasteiger partial charge in [-0.2, -0.15) is 0 Å². The van der Waals surface area contributed by atoms with Crippen LogP contribution in [0.1, 0.15) is 34.0 Å². The molecule has 1 atom stereocenters. The molecule has 0 radical (unpaired) electrons. The van der Waals surface area contributed by atoms with E-state index in [0.29, 0.717) is 11.5 Å². The third-order valence-corrected chi connectivity index (χ3v) is 3.76. The number of carboxylic acids is 1. The molecular formula is C17H16O4. The maximum absolute atomic E-state index is 11.0. The molecule has 2 aromatic rings. The lowest BCUT2D eigenvalue weighted by molar-refractivity contribution is 0.0696. The fraction of sp³-hybridized carbons (Fsp3) is 0.235. The van der Waals surface area contributed by atoms with Crippen molar-refractivity contribution in [1.29, 1.82) is 0 Å². The predicted molar refractivity (Wildman–Crippen MR) is 78.1 cm³/mol. The van der Waals surface area contributed by atoms with E-state index in [9.17, 15) is 4.79 Å². The van der Waals surface area contributed by atoms with E-state index in [0.717, 1.165) is 12.8 Å². The van der Waals surface area contributed by atoms with Gasteiger partial charge < -0.3 is 14.6 Å². The highest BCUT2D eigenvalue weighted by Crippen LogP contribution is 2.38. The molecule has 0 aliphatic heterocycles. The molecule has 4 heteroatoms. The van der Waals surface area contributed by atoms with Crippen LogP contribution < -0.4 is 9.47 Å². The van der Waals surface area contributed by atoms with Crippen molar-refractivity contribution in [2.75, 3.05) is 7.11 Å². The van der Waals surface area contributed by atoms with Gasteiger partial charge in [0.05, 0.1) is 12.7 Å². The van der Waals surface area contributed by atoms with Crippen LogP contribution in [0.3, 0.4) is 0 Å². The highest BCUT2D eigenvalue weighted by Gasteiger charge is 2.24. The van der Waals surface area contributed by atoms with E-state index < -0.39 is 5.97 Å². The Balaban J connectivity index is 1.87. The topological polar surface area (TPSA) is 55.8 Å². The summed E-state index contributed by atoms with van der Waals surface area (Å²) in [4.78, 5) is 11.0. The summed E-state index contributed by atoms with van der Waals surface area (Å²) in [7, 11) is 1.51. The standard InChI is InChI=1S/C17H16O4/c1-20-16-10-12(17(18)19)7-9-15(16)21-14-8-6-11-4-2-3-5-13(11)14/h2-5,7,9-10,14H,6,8H2,1H3,(H,18,19). The number of ether oxygens (including phenoxy) is 2. The minimum atomic E-state index is -0.980. The van der Waals surface area contributed by atoms with Crippen molar-refractivity contribution < 1.29 is 19.4 Å². The SMILES string of the molecule is COc1cc(C(=O)O)ccc1OC1CCc2ccccc21. The Morgan fingerprint density at radius 1 is 1.19 bits per heavy atom. The van der Waals surface area contributed by atoms with Gasteiger partial charge in [0.25, 0.3) is 0 Å². The molecule has 4 nitrogen and oxygen atoms in total. The summed E-state index contributed by atoms with van der Waals surface area (Å²) in [6.45, 7) is 0. The quantitative estimate of drug-likeness (QED) is 0.934. The third-order valence-electron chi connectivity index (χ3n) is 3.76. The monoisotopic (exact) mass is 284 g/mol. The maximum Gasteiger partial charge on any atom is 0.335 e. The number of hydrogen-bond donors (Lipinski definition) is 1. The molecule has 0 heterocycles. The Hall–Kier alpha value is -2.49. The zero-order chi connectivity index (χ0) is 14.8. The van der Waals surface area contributed by atoms with Crippen LogP contribution >= 0.6 is 0 Å². The average molecular weight is 284 g/mol. The predicted octanol–water partition coefficient (Wildman–Crippen LogP) is 3.46. The Labute approximate surface area is 122 Å². The number of aromatic carboxylic acids is 1. The molecule has 1 aliphatic rings. The smallest absolute Gasteiger partial charge is 0.335 e. The van der Waals surface area contributed by atoms with Gasteiger partial charge in [-0.3, -0.25) is 0 Å². The molecule has 3 rings (SSSR count). The molecule has 1 unspecified atom stereocenters. The van der Waals surface area contributed by atoms with Gasteiger partial charge in [-0.15, -0.1) is 0 Å². The van der Waals surface area contributed by atoms with Crippen LogP contribution in [0.25, 0.3) is 0 Å². The van der Waals surface area contributed by atoms with E-state index in [4.69, 9.17) is 14.6 Å². The van der Waals surface area contributed by atoms with Crippen molar-refractivity contribution in [3.63, 3.8) is 0 Å². The van der Waals surface area contributed by atoms with Crippen molar-refractivity contribution in [1.82, 2.24) is 0 Å². The van der Waals surface area contributed by atoms with E-state index in [2.05, 4.69) is 12.1 Å². The third kappa shape index (κ3) is 2.57. The molecule has 2 aromatic carbocycles. The van der Waals surface area contributed by atoms with E-state index in [1.165, 1.54) is 30.4 Å². The van der Waals surface area contributed by atoms with E-state index in [-0.39, 0.29) is 11.7 Å². The number of carboxylic acid groups (broad SMARTS) is 1. The summed E-state index contributed by atoms with van der Waals surface area (Å²) in [6.07, 6.45) is 1.91. The first-order chi connectivity index (χ1) is 10.2. The fourth-order valence-corrected chi connectivity index (χ4v) is 2.69. The van der Waals surface area contributed by atoms with E-state index in [1.54, 1.807) is 6.07 Å². The number of methoxy groups -OCH3 is 1. The molecular weight excluding hydrogens is 268 g/mol. The molecule has 0 bridgehead atoms. The Morgan fingerprint density at radius 3 is 2.76 bits per heavy atom. The van der Waals surface area contributed by atoms with Crippen molar-refractivity contribution in [3.8, 4) is 11.5 Å². The number of hydrogen-bond acceptors (Lipinski definition) is 3. The van der Waals surface area contributed by atoms with E-state index in [1.807, 2.05) is 12.1 Å². The maximum atomic E-state index is 11.0. The molecule has 1 N–H and O–H groups in total. The van der Waals surface area contributed by atoms with Crippen LogP contribution in [-0.4, -0.2) is 18.2 Å². The average Bonchev–Trinajstić information content (AvgIpc) is 2.91. The molecule has 0 spiro atoms. The molecule has 0 aromatic heterocycles. The summed E-state index contributed by atoms with van der Waals surface area (Å²) in [5, 5.41) is 9.01. The fourth-order valence-electron chi connectivity index (χ4n) is 2.69. The number of rotatable bonds is 4. The van der Waals surface area contributed by atoms with Crippen LogP contribution in [0, 0.1) is 0 Å². The lowest BCUT2D eigenvalue weighted by atomic mass is 10.1. The Kier molecular flexibility index (Phi) is 3.52. The van der Waals surface area contributed by atoms with Crippen LogP contribution in [-0.2, 0) is 6.42 Å². The summed E-state index contributed by atoms with van der Waals surface area (Å²) >= 11 is 0. The van der Waals surface area contributed by atoms with Gasteiger partial charge in [0.2, 0.25) is 0 Å². The van der Waals surface area contributed by atoms with Gasteiger partial charge >= 0.3 is 5.97 Å². The van der Waals surface area contributed by atoms with Crippen molar-refractivity contribution >= 4 is 5.97 Å². The first kappa shape index (κ1) is 13.5. The summed E-state index contributed by atoms with van der Waals surface area (Å²) in [5.74, 6) is 0.0366. The van der Waals surface area contributed by atoms with Gasteiger partial charge in [0.15, 0.2) is 11.5 Å². The highest BCUT2D eigenvalue weighted by molar-refractivity contribution is 5.88. The zero-order valence-electron chi connectivity index (χ0n) is 11.7. The lowest BCUT2D eigenvalue weighted by Crippen LogP contribution is -2.05. The molecule has 0 amide bonds. The molecule has 1 aliphatic carbocycles. The number of fused-ring (bicyclic) bond motifs is 1. The van der Waals surface area contributed by atoms with Crippen LogP contribution in [0.4, 0.5) is 0 Å². The van der Waals surface area contributed by atoms with Crippen LogP contribution in [0.2, 0.25) is 0 Å². The number of benzene rings is 2. The first-order valence-electron chi connectivity index (χ1n) is 6.85. The van der Waals surface area contributed by atoms with Crippen LogP contribution in [0.5, 0.6) is 11.5 Å². The van der Waals surface area contributed by atoms with Crippen molar-refractivity contribution in [2.24, 2.45) is 0 Å². The Morgan fingerprint density at radius 2 is 2.00 bits per heavy atom. The minimum absolute atomic E-state index is 0.00854. The zero-order valence-corrected chi connectivity index (χ0v) is 11.7. The molecule has 108 valence electrons. The second-order valence-corrected chi connectivity index (χ2v) is 5.01. The summed E-state index contributed by atoms with van der Waals surface area (Å²) in [6, 6.07) is 12.9. The molecule has 0 saturated heterocycles. The van der Waals surface area contributed by atoms with E-state index >= 15 is 0 Å². The summed E-state index contributed by atoms with van der Waals surface area (Å²) < 4.78 is 11.3. The lowest BCUT2D eigenvalue weighted by Gasteiger charge is -2.17. The number of carbonyl (C=O) groups is 1. The highest BCUT2D eigenvalue weighted by atomic mass is 16.5. The largest absolute Gasteiger partial charge is 0.493 e.